The molecule has 0 unspecified atom stereocenters. The molecule has 136 valence electrons. The lowest BCUT2D eigenvalue weighted by atomic mass is 9.95. The molecule has 5 heteroatoms. The van der Waals surface area contributed by atoms with Crippen molar-refractivity contribution in [1.82, 2.24) is 9.80 Å². The van der Waals surface area contributed by atoms with Crippen LogP contribution in [-0.2, 0) is 11.3 Å². The van der Waals surface area contributed by atoms with Crippen molar-refractivity contribution in [2.45, 2.75) is 19.4 Å². The predicted octanol–water partition coefficient (Wildman–Crippen LogP) is 3.34. The van der Waals surface area contributed by atoms with Crippen LogP contribution >= 0.6 is 0 Å². The number of piperidine rings is 1. The minimum Gasteiger partial charge on any atom is -0.299 e. The number of imide groups is 1. The van der Waals surface area contributed by atoms with E-state index < -0.39 is 0 Å². The summed E-state index contributed by atoms with van der Waals surface area (Å²) in [5, 5.41) is 0. The van der Waals surface area contributed by atoms with E-state index >= 15 is 0 Å². The molecule has 1 aliphatic heterocycles. The van der Waals surface area contributed by atoms with Crippen LogP contribution in [0.3, 0.4) is 0 Å². The monoisotopic (exact) mass is 354 g/mol. The molecule has 26 heavy (non-hydrogen) atoms. The molecule has 1 fully saturated rings. The lowest BCUT2D eigenvalue weighted by Gasteiger charge is -2.33. The molecule has 0 aliphatic carbocycles. The van der Waals surface area contributed by atoms with Crippen molar-refractivity contribution in [3.63, 3.8) is 0 Å². The van der Waals surface area contributed by atoms with Gasteiger partial charge in [0.2, 0.25) is 6.41 Å². The van der Waals surface area contributed by atoms with Gasteiger partial charge in [0.15, 0.2) is 0 Å². The molecular weight excluding hydrogens is 331 g/mol. The van der Waals surface area contributed by atoms with Crippen molar-refractivity contribution in [1.29, 1.82) is 0 Å². The lowest BCUT2D eigenvalue weighted by molar-refractivity contribution is -0.116. The zero-order valence-corrected chi connectivity index (χ0v) is 14.7. The first-order valence-electron chi connectivity index (χ1n) is 8.94. The number of hydrogen-bond donors (Lipinski definition) is 0. The normalized spacial score (nSPS) is 15.6. The molecule has 2 aromatic carbocycles. The Morgan fingerprint density at radius 1 is 1.08 bits per heavy atom. The van der Waals surface area contributed by atoms with E-state index in [-0.39, 0.29) is 11.7 Å². The van der Waals surface area contributed by atoms with Gasteiger partial charge in [-0.15, -0.1) is 0 Å². The number of nitrogens with zero attached hydrogens (tertiary/aromatic N) is 2. The van der Waals surface area contributed by atoms with E-state index in [2.05, 4.69) is 4.90 Å². The van der Waals surface area contributed by atoms with Crippen molar-refractivity contribution in [3.8, 4) is 0 Å². The highest BCUT2D eigenvalue weighted by molar-refractivity contribution is 5.99. The van der Waals surface area contributed by atoms with Crippen LogP contribution in [0.5, 0.6) is 0 Å². The summed E-state index contributed by atoms with van der Waals surface area (Å²) < 4.78 is 13.0. The van der Waals surface area contributed by atoms with Crippen LogP contribution in [0.4, 0.5) is 4.39 Å². The number of likely N-dealkylation sites (tertiary alicyclic amines) is 1. The maximum Gasteiger partial charge on any atom is 0.260 e. The lowest BCUT2D eigenvalue weighted by Crippen LogP contribution is -2.40. The Bertz CT molecular complexity index is 725. The Morgan fingerprint density at radius 3 is 2.35 bits per heavy atom. The van der Waals surface area contributed by atoms with Crippen LogP contribution in [0, 0.1) is 11.7 Å². The topological polar surface area (TPSA) is 40.6 Å². The van der Waals surface area contributed by atoms with Crippen LogP contribution in [-0.4, -0.2) is 41.8 Å². The molecule has 3 rings (SSSR count). The maximum absolute atomic E-state index is 13.0. The first-order chi connectivity index (χ1) is 12.7. The molecule has 1 aliphatic rings. The van der Waals surface area contributed by atoms with E-state index in [1.54, 1.807) is 24.3 Å². The number of amides is 2. The van der Waals surface area contributed by atoms with Gasteiger partial charge in [-0.3, -0.25) is 19.4 Å². The molecule has 0 bridgehead atoms. The largest absolute Gasteiger partial charge is 0.299 e. The van der Waals surface area contributed by atoms with Crippen molar-refractivity contribution in [2.75, 3.05) is 19.6 Å². The molecule has 2 aromatic rings. The SMILES string of the molecule is O=CN(CC1CCN(Cc2ccc(F)cc2)CC1)C(=O)c1ccccc1. The molecule has 4 nitrogen and oxygen atoms in total. The zero-order valence-electron chi connectivity index (χ0n) is 14.7. The second-order valence-electron chi connectivity index (χ2n) is 6.77. The van der Waals surface area contributed by atoms with Gasteiger partial charge < -0.3 is 0 Å². The number of benzene rings is 2. The average molecular weight is 354 g/mol. The van der Waals surface area contributed by atoms with Gasteiger partial charge in [0.05, 0.1) is 0 Å². The average Bonchev–Trinajstić information content (AvgIpc) is 2.69. The standard InChI is InChI=1S/C21H23FN2O2/c22-20-8-6-17(7-9-20)14-23-12-10-18(11-13-23)15-24(16-25)21(26)19-4-2-1-3-5-19/h1-9,16,18H,10-15H2. The molecule has 0 N–H and O–H groups in total. The van der Waals surface area contributed by atoms with Crippen molar-refractivity contribution < 1.29 is 14.0 Å². The quantitative estimate of drug-likeness (QED) is 0.747. The molecule has 0 atom stereocenters. The summed E-state index contributed by atoms with van der Waals surface area (Å²) in [6.45, 7) is 3.08. The molecule has 0 radical (unpaired) electrons. The highest BCUT2D eigenvalue weighted by atomic mass is 19.1. The number of hydrogen-bond acceptors (Lipinski definition) is 3. The Hall–Kier alpha value is -2.53. The molecule has 1 saturated heterocycles. The Balaban J connectivity index is 1.50. The van der Waals surface area contributed by atoms with Gasteiger partial charge in [-0.25, -0.2) is 4.39 Å². The molecule has 0 spiro atoms. The Labute approximate surface area is 153 Å². The molecule has 0 aromatic heterocycles. The first-order valence-corrected chi connectivity index (χ1v) is 8.94. The molecule has 2 amide bonds. The van der Waals surface area contributed by atoms with E-state index in [1.165, 1.54) is 17.0 Å². The highest BCUT2D eigenvalue weighted by Gasteiger charge is 2.24. The maximum atomic E-state index is 13.0. The summed E-state index contributed by atoms with van der Waals surface area (Å²) in [5.74, 6) is -0.142. The smallest absolute Gasteiger partial charge is 0.260 e. The van der Waals surface area contributed by atoms with Gasteiger partial charge in [0.1, 0.15) is 5.82 Å². The number of rotatable bonds is 6. The minimum absolute atomic E-state index is 0.218. The summed E-state index contributed by atoms with van der Waals surface area (Å²) in [5.41, 5.74) is 1.63. The minimum atomic E-state index is -0.241. The summed E-state index contributed by atoms with van der Waals surface area (Å²) in [7, 11) is 0. The van der Waals surface area contributed by atoms with Crippen molar-refractivity contribution in [3.05, 3.63) is 71.5 Å². The fraction of sp³-hybridized carbons (Fsp3) is 0.333. The third kappa shape index (κ3) is 4.76. The molecule has 1 heterocycles. The van der Waals surface area contributed by atoms with Gasteiger partial charge in [-0.2, -0.15) is 0 Å². The van der Waals surface area contributed by atoms with Crippen molar-refractivity contribution >= 4 is 12.3 Å². The Morgan fingerprint density at radius 2 is 1.73 bits per heavy atom. The molecular formula is C21H23FN2O2. The van der Waals surface area contributed by atoms with Gasteiger partial charge in [0, 0.05) is 18.7 Å². The second-order valence-corrected chi connectivity index (χ2v) is 6.77. The zero-order chi connectivity index (χ0) is 18.4. The van der Waals surface area contributed by atoms with E-state index in [1.807, 2.05) is 18.2 Å². The first kappa shape index (κ1) is 18.3. The molecule has 0 saturated carbocycles. The van der Waals surface area contributed by atoms with E-state index in [9.17, 15) is 14.0 Å². The van der Waals surface area contributed by atoms with E-state index in [0.29, 0.717) is 24.4 Å². The number of halogens is 1. The summed E-state index contributed by atoms with van der Waals surface area (Å²) in [6, 6.07) is 15.5. The van der Waals surface area contributed by atoms with Crippen LogP contribution in [0.15, 0.2) is 54.6 Å². The third-order valence-corrected chi connectivity index (χ3v) is 4.89. The van der Waals surface area contributed by atoms with Gasteiger partial charge in [-0.05, 0) is 61.7 Å². The van der Waals surface area contributed by atoms with E-state index in [0.717, 1.165) is 38.0 Å². The number of carbonyl (C=O) groups excluding carboxylic acids is 2. The number of carbonyl (C=O) groups is 2. The van der Waals surface area contributed by atoms with Crippen LogP contribution in [0.1, 0.15) is 28.8 Å². The van der Waals surface area contributed by atoms with Gasteiger partial charge in [0.25, 0.3) is 5.91 Å². The fourth-order valence-electron chi connectivity index (χ4n) is 3.37. The van der Waals surface area contributed by atoms with Crippen LogP contribution in [0.2, 0.25) is 0 Å². The highest BCUT2D eigenvalue weighted by Crippen LogP contribution is 2.20. The summed E-state index contributed by atoms with van der Waals surface area (Å²) in [6.07, 6.45) is 2.52. The van der Waals surface area contributed by atoms with Crippen LogP contribution < -0.4 is 0 Å². The Kier molecular flexibility index (Phi) is 6.12. The van der Waals surface area contributed by atoms with E-state index in [4.69, 9.17) is 0 Å². The fourth-order valence-corrected chi connectivity index (χ4v) is 3.37. The summed E-state index contributed by atoms with van der Waals surface area (Å²) in [4.78, 5) is 27.4. The third-order valence-electron chi connectivity index (χ3n) is 4.89. The van der Waals surface area contributed by atoms with Crippen LogP contribution in [0.25, 0.3) is 0 Å². The predicted molar refractivity (Wildman–Crippen MR) is 97.9 cm³/mol. The second kappa shape index (κ2) is 8.72. The van der Waals surface area contributed by atoms with Crippen molar-refractivity contribution in [2.24, 2.45) is 5.92 Å². The summed E-state index contributed by atoms with van der Waals surface area (Å²) >= 11 is 0. The van der Waals surface area contributed by atoms with Gasteiger partial charge in [-0.1, -0.05) is 30.3 Å². The van der Waals surface area contributed by atoms with Gasteiger partial charge >= 0.3 is 0 Å².